The molecule has 2 heterocycles. The van der Waals surface area contributed by atoms with Crippen LogP contribution < -0.4 is 14.8 Å². The van der Waals surface area contributed by atoms with Crippen molar-refractivity contribution >= 4 is 21.8 Å². The zero-order valence-electron chi connectivity index (χ0n) is 10.6. The minimum atomic E-state index is 0.0346. The highest BCUT2D eigenvalue weighted by Gasteiger charge is 2.25. The SMILES string of the molecule is CC1CN(C(=O)c2cc(Br)c3c(c2)OCO3)CCN1. The molecule has 1 N–H and O–H groups in total. The molecule has 102 valence electrons. The third-order valence-corrected chi connectivity index (χ3v) is 3.92. The molecule has 2 aliphatic heterocycles. The number of hydrogen-bond donors (Lipinski definition) is 1. The molecule has 0 saturated carbocycles. The van der Waals surface area contributed by atoms with Gasteiger partial charge in [-0.15, -0.1) is 0 Å². The van der Waals surface area contributed by atoms with Crippen LogP contribution in [0.25, 0.3) is 0 Å². The summed E-state index contributed by atoms with van der Waals surface area (Å²) in [5, 5.41) is 3.32. The van der Waals surface area contributed by atoms with Gasteiger partial charge in [-0.05, 0) is 35.0 Å². The van der Waals surface area contributed by atoms with Gasteiger partial charge in [-0.3, -0.25) is 4.79 Å². The van der Waals surface area contributed by atoms with Crippen molar-refractivity contribution in [1.29, 1.82) is 0 Å². The van der Waals surface area contributed by atoms with E-state index in [9.17, 15) is 4.79 Å². The van der Waals surface area contributed by atoms with Gasteiger partial charge in [0.15, 0.2) is 11.5 Å². The van der Waals surface area contributed by atoms with E-state index in [0.29, 0.717) is 23.1 Å². The van der Waals surface area contributed by atoms with Crippen molar-refractivity contribution in [2.24, 2.45) is 0 Å². The molecule has 0 aliphatic carbocycles. The van der Waals surface area contributed by atoms with Crippen LogP contribution in [0.15, 0.2) is 16.6 Å². The first kappa shape index (κ1) is 12.7. The normalized spacial score (nSPS) is 21.6. The largest absolute Gasteiger partial charge is 0.454 e. The highest BCUT2D eigenvalue weighted by atomic mass is 79.9. The molecule has 1 aromatic rings. The van der Waals surface area contributed by atoms with Crippen molar-refractivity contribution in [3.8, 4) is 11.5 Å². The van der Waals surface area contributed by atoms with Gasteiger partial charge in [0.05, 0.1) is 4.47 Å². The molecule has 2 aliphatic rings. The van der Waals surface area contributed by atoms with E-state index in [4.69, 9.17) is 9.47 Å². The molecule has 3 rings (SSSR count). The lowest BCUT2D eigenvalue weighted by Crippen LogP contribution is -2.51. The average Bonchev–Trinajstić information content (AvgIpc) is 2.86. The molecule has 0 aromatic heterocycles. The molecule has 5 nitrogen and oxygen atoms in total. The molecule has 1 unspecified atom stereocenters. The Morgan fingerprint density at radius 3 is 3.11 bits per heavy atom. The zero-order valence-corrected chi connectivity index (χ0v) is 12.2. The fourth-order valence-corrected chi connectivity index (χ4v) is 2.95. The number of piperazine rings is 1. The molecular weight excluding hydrogens is 312 g/mol. The first-order chi connectivity index (χ1) is 9.15. The van der Waals surface area contributed by atoms with Crippen molar-refractivity contribution in [2.75, 3.05) is 26.4 Å². The highest BCUT2D eigenvalue weighted by Crippen LogP contribution is 2.40. The minimum Gasteiger partial charge on any atom is -0.454 e. The molecular formula is C13H15BrN2O3. The maximum Gasteiger partial charge on any atom is 0.254 e. The van der Waals surface area contributed by atoms with Crippen molar-refractivity contribution in [3.63, 3.8) is 0 Å². The molecule has 6 heteroatoms. The molecule has 1 aromatic carbocycles. The molecule has 1 amide bonds. The Kier molecular flexibility index (Phi) is 3.36. The first-order valence-electron chi connectivity index (χ1n) is 6.27. The van der Waals surface area contributed by atoms with Crippen molar-refractivity contribution in [3.05, 3.63) is 22.2 Å². The van der Waals surface area contributed by atoms with E-state index in [1.165, 1.54) is 0 Å². The maximum atomic E-state index is 12.5. The lowest BCUT2D eigenvalue weighted by molar-refractivity contribution is 0.0708. The number of rotatable bonds is 1. The molecule has 0 bridgehead atoms. The molecule has 19 heavy (non-hydrogen) atoms. The second-order valence-corrected chi connectivity index (χ2v) is 5.65. The standard InChI is InChI=1S/C13H15BrN2O3/c1-8-6-16(3-2-15-8)13(17)9-4-10(14)12-11(5-9)18-7-19-12/h4-5,8,15H,2-3,6-7H2,1H3. The van der Waals surface area contributed by atoms with Crippen LogP contribution in [0.5, 0.6) is 11.5 Å². The van der Waals surface area contributed by atoms with E-state index < -0.39 is 0 Å². The third-order valence-electron chi connectivity index (χ3n) is 3.33. The number of carbonyl (C=O) groups is 1. The number of nitrogens with zero attached hydrogens (tertiary/aromatic N) is 1. The van der Waals surface area contributed by atoms with Crippen LogP contribution in [0, 0.1) is 0 Å². The average molecular weight is 327 g/mol. The van der Waals surface area contributed by atoms with Gasteiger partial charge in [-0.1, -0.05) is 0 Å². The van der Waals surface area contributed by atoms with Crippen LogP contribution in [0.1, 0.15) is 17.3 Å². The molecule has 0 radical (unpaired) electrons. The Morgan fingerprint density at radius 2 is 2.32 bits per heavy atom. The maximum absolute atomic E-state index is 12.5. The number of halogens is 1. The summed E-state index contributed by atoms with van der Waals surface area (Å²) in [4.78, 5) is 14.3. The summed E-state index contributed by atoms with van der Waals surface area (Å²) in [6, 6.07) is 3.88. The van der Waals surface area contributed by atoms with Crippen LogP contribution in [0.4, 0.5) is 0 Å². The van der Waals surface area contributed by atoms with Crippen LogP contribution in [0.2, 0.25) is 0 Å². The summed E-state index contributed by atoms with van der Waals surface area (Å²) >= 11 is 3.41. The summed E-state index contributed by atoms with van der Waals surface area (Å²) in [5.74, 6) is 1.33. The zero-order chi connectivity index (χ0) is 13.4. The Hall–Kier alpha value is -1.27. The number of ether oxygens (including phenoxy) is 2. The van der Waals surface area contributed by atoms with Gasteiger partial charge in [0.25, 0.3) is 5.91 Å². The summed E-state index contributed by atoms with van der Waals surface area (Å²) in [6.07, 6.45) is 0. The number of hydrogen-bond acceptors (Lipinski definition) is 4. The minimum absolute atomic E-state index is 0.0346. The lowest BCUT2D eigenvalue weighted by Gasteiger charge is -2.32. The van der Waals surface area contributed by atoms with E-state index >= 15 is 0 Å². The first-order valence-corrected chi connectivity index (χ1v) is 7.06. The van der Waals surface area contributed by atoms with Gasteiger partial charge in [-0.25, -0.2) is 0 Å². The van der Waals surface area contributed by atoms with E-state index in [1.807, 2.05) is 4.90 Å². The van der Waals surface area contributed by atoms with E-state index in [1.54, 1.807) is 12.1 Å². The van der Waals surface area contributed by atoms with Gasteiger partial charge in [0, 0.05) is 31.2 Å². The fraction of sp³-hybridized carbons (Fsp3) is 0.462. The number of amides is 1. The summed E-state index contributed by atoms with van der Waals surface area (Å²) in [5.41, 5.74) is 0.630. The molecule has 1 fully saturated rings. The van der Waals surface area contributed by atoms with Crippen LogP contribution in [-0.2, 0) is 0 Å². The summed E-state index contributed by atoms with van der Waals surface area (Å²) < 4.78 is 11.4. The highest BCUT2D eigenvalue weighted by molar-refractivity contribution is 9.10. The number of benzene rings is 1. The Morgan fingerprint density at radius 1 is 1.47 bits per heavy atom. The van der Waals surface area contributed by atoms with Crippen LogP contribution >= 0.6 is 15.9 Å². The van der Waals surface area contributed by atoms with Crippen LogP contribution in [-0.4, -0.2) is 43.3 Å². The van der Waals surface area contributed by atoms with Gasteiger partial charge in [0.2, 0.25) is 6.79 Å². The molecule has 1 saturated heterocycles. The van der Waals surface area contributed by atoms with Crippen molar-refractivity contribution < 1.29 is 14.3 Å². The summed E-state index contributed by atoms with van der Waals surface area (Å²) in [6.45, 7) is 4.57. The van der Waals surface area contributed by atoms with Crippen LogP contribution in [0.3, 0.4) is 0 Å². The second kappa shape index (κ2) is 5.02. The number of fused-ring (bicyclic) bond motifs is 1. The fourth-order valence-electron chi connectivity index (χ4n) is 2.39. The van der Waals surface area contributed by atoms with Gasteiger partial charge < -0.3 is 19.7 Å². The van der Waals surface area contributed by atoms with Gasteiger partial charge in [0.1, 0.15) is 0 Å². The Bertz CT molecular complexity index is 521. The smallest absolute Gasteiger partial charge is 0.254 e. The predicted octanol–water partition coefficient (Wildman–Crippen LogP) is 1.61. The van der Waals surface area contributed by atoms with E-state index in [0.717, 1.165) is 24.1 Å². The molecule has 1 atom stereocenters. The van der Waals surface area contributed by atoms with E-state index in [-0.39, 0.29) is 12.7 Å². The second-order valence-electron chi connectivity index (χ2n) is 4.80. The Labute approximate surface area is 120 Å². The van der Waals surface area contributed by atoms with Crippen molar-refractivity contribution in [2.45, 2.75) is 13.0 Å². The topological polar surface area (TPSA) is 50.8 Å². The van der Waals surface area contributed by atoms with Gasteiger partial charge >= 0.3 is 0 Å². The van der Waals surface area contributed by atoms with E-state index in [2.05, 4.69) is 28.2 Å². The number of carbonyl (C=O) groups excluding carboxylic acids is 1. The van der Waals surface area contributed by atoms with Gasteiger partial charge in [-0.2, -0.15) is 0 Å². The monoisotopic (exact) mass is 326 g/mol. The lowest BCUT2D eigenvalue weighted by atomic mass is 10.1. The summed E-state index contributed by atoms with van der Waals surface area (Å²) in [7, 11) is 0. The molecule has 0 spiro atoms. The number of nitrogens with one attached hydrogen (secondary N) is 1. The predicted molar refractivity (Wildman–Crippen MR) is 73.6 cm³/mol. The van der Waals surface area contributed by atoms with Crippen molar-refractivity contribution in [1.82, 2.24) is 10.2 Å². The Balaban J connectivity index is 1.86. The quantitative estimate of drug-likeness (QED) is 0.852. The third kappa shape index (κ3) is 2.42.